The molecule has 30 heavy (non-hydrogen) atoms. The lowest BCUT2D eigenvalue weighted by Crippen LogP contribution is -2.22. The molecule has 7 nitrogen and oxygen atoms in total. The van der Waals surface area contributed by atoms with Gasteiger partial charge in [0.25, 0.3) is 5.78 Å². The SMILES string of the molecule is Cc1nc2ncnn2c(C)c1CC(=O)O[C@H](C(=O)c1ccccc1)c1ccccc1. The summed E-state index contributed by atoms with van der Waals surface area (Å²) in [5.74, 6) is -0.308. The van der Waals surface area contributed by atoms with Crippen molar-refractivity contribution < 1.29 is 14.3 Å². The van der Waals surface area contributed by atoms with Crippen LogP contribution in [0.4, 0.5) is 0 Å². The highest BCUT2D eigenvalue weighted by Gasteiger charge is 2.27. The van der Waals surface area contributed by atoms with E-state index in [1.54, 1.807) is 40.9 Å². The number of ether oxygens (including phenoxy) is 1. The molecule has 0 radical (unpaired) electrons. The zero-order valence-electron chi connectivity index (χ0n) is 16.6. The van der Waals surface area contributed by atoms with Gasteiger partial charge in [0, 0.05) is 28.1 Å². The Kier molecular flexibility index (Phi) is 5.34. The van der Waals surface area contributed by atoms with E-state index < -0.39 is 12.1 Å². The molecular formula is C23H20N4O3. The Morgan fingerprint density at radius 3 is 2.37 bits per heavy atom. The van der Waals surface area contributed by atoms with E-state index in [0.717, 1.165) is 5.69 Å². The van der Waals surface area contributed by atoms with Crippen LogP contribution in [0.25, 0.3) is 5.78 Å². The number of benzene rings is 2. The van der Waals surface area contributed by atoms with Gasteiger partial charge >= 0.3 is 5.97 Å². The van der Waals surface area contributed by atoms with Gasteiger partial charge in [0.1, 0.15) is 6.33 Å². The average molecular weight is 400 g/mol. The van der Waals surface area contributed by atoms with Crippen molar-refractivity contribution in [3.05, 3.63) is 95.1 Å². The second kappa shape index (κ2) is 8.24. The van der Waals surface area contributed by atoms with Crippen LogP contribution in [0.1, 0.15) is 39.0 Å². The molecule has 0 amide bonds. The molecule has 4 rings (SSSR count). The third-order valence-corrected chi connectivity index (χ3v) is 4.96. The Morgan fingerprint density at radius 1 is 1.00 bits per heavy atom. The molecule has 2 aromatic carbocycles. The van der Waals surface area contributed by atoms with Crippen LogP contribution in [0, 0.1) is 13.8 Å². The molecule has 0 aliphatic carbocycles. The van der Waals surface area contributed by atoms with E-state index >= 15 is 0 Å². The number of ketones is 1. The summed E-state index contributed by atoms with van der Waals surface area (Å²) >= 11 is 0. The molecule has 0 aliphatic heterocycles. The van der Waals surface area contributed by atoms with Crippen LogP contribution in [0.15, 0.2) is 67.0 Å². The summed E-state index contributed by atoms with van der Waals surface area (Å²) in [7, 11) is 0. The summed E-state index contributed by atoms with van der Waals surface area (Å²) in [6.07, 6.45) is 0.372. The van der Waals surface area contributed by atoms with Crippen LogP contribution in [0.5, 0.6) is 0 Å². The van der Waals surface area contributed by atoms with Gasteiger partial charge in [0.15, 0.2) is 6.10 Å². The molecule has 0 aliphatic rings. The number of esters is 1. The van der Waals surface area contributed by atoms with Gasteiger partial charge in [-0.15, -0.1) is 0 Å². The topological polar surface area (TPSA) is 86.4 Å². The monoisotopic (exact) mass is 400 g/mol. The Balaban J connectivity index is 1.62. The summed E-state index contributed by atoms with van der Waals surface area (Å²) in [5.41, 5.74) is 3.25. The van der Waals surface area contributed by atoms with Gasteiger partial charge < -0.3 is 4.74 Å². The van der Waals surface area contributed by atoms with Crippen LogP contribution in [-0.2, 0) is 16.0 Å². The third-order valence-electron chi connectivity index (χ3n) is 4.96. The van der Waals surface area contributed by atoms with Gasteiger partial charge in [-0.05, 0) is 13.8 Å². The van der Waals surface area contributed by atoms with E-state index in [4.69, 9.17) is 4.74 Å². The van der Waals surface area contributed by atoms with Crippen LogP contribution < -0.4 is 0 Å². The molecule has 0 fully saturated rings. The minimum atomic E-state index is -1.02. The molecule has 0 N–H and O–H groups in total. The number of rotatable bonds is 6. The molecule has 0 unspecified atom stereocenters. The van der Waals surface area contributed by atoms with E-state index in [-0.39, 0.29) is 12.2 Å². The van der Waals surface area contributed by atoms with E-state index in [1.807, 2.05) is 38.1 Å². The first-order valence-electron chi connectivity index (χ1n) is 9.54. The molecule has 2 aromatic heterocycles. The van der Waals surface area contributed by atoms with Crippen LogP contribution in [0.2, 0.25) is 0 Å². The molecule has 2 heterocycles. The lowest BCUT2D eigenvalue weighted by Gasteiger charge is -2.18. The number of fused-ring (bicyclic) bond motifs is 1. The van der Waals surface area contributed by atoms with Gasteiger partial charge in [-0.3, -0.25) is 9.59 Å². The van der Waals surface area contributed by atoms with Crippen molar-refractivity contribution in [3.63, 3.8) is 0 Å². The normalized spacial score (nSPS) is 11.9. The maximum atomic E-state index is 13.1. The molecule has 1 atom stereocenters. The minimum Gasteiger partial charge on any atom is -0.449 e. The van der Waals surface area contributed by atoms with Gasteiger partial charge in [-0.25, -0.2) is 9.50 Å². The van der Waals surface area contributed by atoms with Crippen molar-refractivity contribution in [2.45, 2.75) is 26.4 Å². The predicted molar refractivity (Wildman–Crippen MR) is 110 cm³/mol. The summed E-state index contributed by atoms with van der Waals surface area (Å²) < 4.78 is 7.28. The number of aryl methyl sites for hydroxylation is 2. The number of hydrogen-bond donors (Lipinski definition) is 0. The summed E-state index contributed by atoms with van der Waals surface area (Å²) in [6, 6.07) is 17.8. The van der Waals surface area contributed by atoms with Crippen molar-refractivity contribution in [3.8, 4) is 0 Å². The van der Waals surface area contributed by atoms with Crippen molar-refractivity contribution >= 4 is 17.5 Å². The van der Waals surface area contributed by atoms with Crippen LogP contribution in [-0.4, -0.2) is 31.3 Å². The molecule has 0 spiro atoms. The molecule has 0 saturated heterocycles. The molecule has 4 aromatic rings. The smallest absolute Gasteiger partial charge is 0.311 e. The molecular weight excluding hydrogens is 380 g/mol. The van der Waals surface area contributed by atoms with Gasteiger partial charge in [-0.2, -0.15) is 10.1 Å². The highest BCUT2D eigenvalue weighted by atomic mass is 16.5. The first kappa shape index (κ1) is 19.4. The lowest BCUT2D eigenvalue weighted by molar-refractivity contribution is -0.146. The Hall–Kier alpha value is -3.87. The van der Waals surface area contributed by atoms with Crippen LogP contribution >= 0.6 is 0 Å². The summed E-state index contributed by atoms with van der Waals surface area (Å²) in [6.45, 7) is 3.66. The van der Waals surface area contributed by atoms with Crippen LogP contribution in [0.3, 0.4) is 0 Å². The largest absolute Gasteiger partial charge is 0.449 e. The third kappa shape index (κ3) is 3.82. The fraction of sp³-hybridized carbons (Fsp3) is 0.174. The van der Waals surface area contributed by atoms with Gasteiger partial charge in [0.2, 0.25) is 5.78 Å². The zero-order chi connectivity index (χ0) is 21.1. The summed E-state index contributed by atoms with van der Waals surface area (Å²) in [4.78, 5) is 34.4. The van der Waals surface area contributed by atoms with E-state index in [9.17, 15) is 9.59 Å². The zero-order valence-corrected chi connectivity index (χ0v) is 16.6. The quantitative estimate of drug-likeness (QED) is 0.364. The summed E-state index contributed by atoms with van der Waals surface area (Å²) in [5, 5.41) is 4.14. The number of nitrogens with zero attached hydrogens (tertiary/aromatic N) is 4. The van der Waals surface area contributed by atoms with Crippen molar-refractivity contribution in [1.29, 1.82) is 0 Å². The van der Waals surface area contributed by atoms with E-state index in [1.165, 1.54) is 6.33 Å². The molecule has 0 saturated carbocycles. The Bertz CT molecular complexity index is 1200. The maximum Gasteiger partial charge on any atom is 0.311 e. The first-order valence-corrected chi connectivity index (χ1v) is 9.54. The number of hydrogen-bond acceptors (Lipinski definition) is 6. The second-order valence-electron chi connectivity index (χ2n) is 6.92. The number of carbonyl (C=O) groups excluding carboxylic acids is 2. The highest BCUT2D eigenvalue weighted by molar-refractivity contribution is 6.01. The lowest BCUT2D eigenvalue weighted by atomic mass is 9.99. The van der Waals surface area contributed by atoms with E-state index in [0.29, 0.717) is 28.2 Å². The maximum absolute atomic E-state index is 13.1. The average Bonchev–Trinajstić information content (AvgIpc) is 3.24. The number of carbonyl (C=O) groups is 2. The predicted octanol–water partition coefficient (Wildman–Crippen LogP) is 3.45. The Morgan fingerprint density at radius 2 is 1.67 bits per heavy atom. The fourth-order valence-electron chi connectivity index (χ4n) is 3.38. The van der Waals surface area contributed by atoms with E-state index in [2.05, 4.69) is 15.1 Å². The van der Waals surface area contributed by atoms with Gasteiger partial charge in [-0.1, -0.05) is 60.7 Å². The van der Waals surface area contributed by atoms with Crippen molar-refractivity contribution in [1.82, 2.24) is 19.6 Å². The number of Topliss-reactive ketones (excluding diaryl/α,β-unsaturated/α-hetero) is 1. The minimum absolute atomic E-state index is 0.0220. The number of aromatic nitrogens is 4. The standard InChI is InChI=1S/C23H20N4O3/c1-15-19(16(2)27-23(26-15)24-14-25-27)13-20(28)30-22(18-11-7-4-8-12-18)21(29)17-9-5-3-6-10-17/h3-12,14,22H,13H2,1-2H3/t22-/m0/s1. The molecule has 150 valence electrons. The van der Waals surface area contributed by atoms with Gasteiger partial charge in [0.05, 0.1) is 6.42 Å². The molecule has 0 bridgehead atoms. The van der Waals surface area contributed by atoms with Crippen molar-refractivity contribution in [2.75, 3.05) is 0 Å². The fourth-order valence-corrected chi connectivity index (χ4v) is 3.38. The van der Waals surface area contributed by atoms with Crippen molar-refractivity contribution in [2.24, 2.45) is 0 Å². The highest BCUT2D eigenvalue weighted by Crippen LogP contribution is 2.24. The first-order chi connectivity index (χ1) is 14.5. The Labute approximate surface area is 173 Å². The molecule has 7 heteroatoms. The second-order valence-corrected chi connectivity index (χ2v) is 6.92.